The molecule has 4 aromatic carbocycles. The van der Waals surface area contributed by atoms with Gasteiger partial charge in [-0.25, -0.2) is 19.9 Å². The molecule has 0 atom stereocenters. The number of fused-ring (bicyclic) bond motifs is 3. The summed E-state index contributed by atoms with van der Waals surface area (Å²) in [6.45, 7) is 0. The summed E-state index contributed by atoms with van der Waals surface area (Å²) in [7, 11) is 0. The van der Waals surface area contributed by atoms with Crippen molar-refractivity contribution < 1.29 is 4.74 Å². The number of pyridine rings is 4. The fourth-order valence-electron chi connectivity index (χ4n) is 7.61. The molecule has 1 aliphatic heterocycles. The van der Waals surface area contributed by atoms with Gasteiger partial charge in [0.05, 0.1) is 39.8 Å². The van der Waals surface area contributed by atoms with Crippen LogP contribution < -0.4 is 9.64 Å². The average molecular weight is 774 g/mol. The van der Waals surface area contributed by atoms with Gasteiger partial charge in [-0.1, -0.05) is 48.5 Å². The lowest BCUT2D eigenvalue weighted by Gasteiger charge is -2.33. The molecule has 0 fully saturated rings. The van der Waals surface area contributed by atoms with Crippen LogP contribution in [0.5, 0.6) is 11.5 Å². The van der Waals surface area contributed by atoms with Gasteiger partial charge in [-0.2, -0.15) is 0 Å². The molecule has 0 N–H and O–H groups in total. The highest BCUT2D eigenvalue weighted by molar-refractivity contribution is 6.08. The molecular formula is C50H31N9O. The maximum absolute atomic E-state index is 6.45. The fraction of sp³-hybridized carbons (Fsp3) is 0. The van der Waals surface area contributed by atoms with E-state index in [0.717, 1.165) is 73.0 Å². The Morgan fingerprint density at radius 3 is 1.47 bits per heavy atom. The quantitative estimate of drug-likeness (QED) is 0.155. The van der Waals surface area contributed by atoms with Crippen molar-refractivity contribution in [3.8, 4) is 79.6 Å². The molecule has 1 aliphatic rings. The Kier molecular flexibility index (Phi) is 8.55. The van der Waals surface area contributed by atoms with Gasteiger partial charge in [0.2, 0.25) is 0 Å². The minimum atomic E-state index is 0.496. The Hall–Kier alpha value is -8.50. The zero-order valence-corrected chi connectivity index (χ0v) is 31.8. The van der Waals surface area contributed by atoms with Crippen molar-refractivity contribution >= 4 is 27.8 Å². The third kappa shape index (κ3) is 6.34. The summed E-state index contributed by atoms with van der Waals surface area (Å²) >= 11 is 0. The second-order valence-electron chi connectivity index (χ2n) is 14.1. The van der Waals surface area contributed by atoms with Crippen LogP contribution in [-0.4, -0.2) is 39.9 Å². The number of anilines is 3. The second-order valence-corrected chi connectivity index (χ2v) is 14.1. The van der Waals surface area contributed by atoms with Crippen LogP contribution in [0.2, 0.25) is 0 Å². The zero-order chi connectivity index (χ0) is 39.8. The zero-order valence-electron chi connectivity index (χ0n) is 31.8. The van der Waals surface area contributed by atoms with Crippen LogP contribution in [0.15, 0.2) is 189 Å². The second kappa shape index (κ2) is 14.8. The molecule has 10 nitrogen and oxygen atoms in total. The van der Waals surface area contributed by atoms with Crippen molar-refractivity contribution in [3.05, 3.63) is 189 Å². The van der Waals surface area contributed by atoms with Gasteiger partial charge >= 0.3 is 0 Å². The first-order valence-corrected chi connectivity index (χ1v) is 19.4. The van der Waals surface area contributed by atoms with Crippen LogP contribution >= 0.6 is 0 Å². The van der Waals surface area contributed by atoms with E-state index in [9.17, 15) is 0 Å². The SMILES string of the molecule is c1ccc(-c2nc(-c3cccnc3)cc(-c3cc(-c4cc(-c5cccnc5)nc(-c5ccccn5)n4)c4cccc(N5c6ccccc6Oc6ccccc65)c4c3)n2)nc1. The molecule has 0 radical (unpaired) electrons. The van der Waals surface area contributed by atoms with E-state index >= 15 is 0 Å². The summed E-state index contributed by atoms with van der Waals surface area (Å²) in [6.07, 6.45) is 10.6. The Labute approximate surface area is 344 Å². The number of rotatable bonds is 7. The van der Waals surface area contributed by atoms with Crippen LogP contribution in [0.1, 0.15) is 0 Å². The van der Waals surface area contributed by atoms with Crippen molar-refractivity contribution in [1.82, 2.24) is 39.9 Å². The third-order valence-electron chi connectivity index (χ3n) is 10.4. The minimum absolute atomic E-state index is 0.496. The summed E-state index contributed by atoms with van der Waals surface area (Å²) in [5.41, 5.74) is 10.4. The van der Waals surface area contributed by atoms with Gasteiger partial charge in [0.15, 0.2) is 23.1 Å². The number of nitrogens with zero attached hydrogens (tertiary/aromatic N) is 9. The molecule has 0 spiro atoms. The first-order valence-electron chi connectivity index (χ1n) is 19.4. The minimum Gasteiger partial charge on any atom is -0.453 e. The fourth-order valence-corrected chi connectivity index (χ4v) is 7.61. The summed E-state index contributed by atoms with van der Waals surface area (Å²) in [4.78, 5) is 40.9. The first kappa shape index (κ1) is 34.7. The van der Waals surface area contributed by atoms with E-state index in [0.29, 0.717) is 34.4 Å². The molecule has 10 aromatic rings. The number of aromatic nitrogens is 8. The molecular weight excluding hydrogens is 743 g/mol. The lowest BCUT2D eigenvalue weighted by atomic mass is 9.94. The Bertz CT molecular complexity index is 3030. The van der Waals surface area contributed by atoms with E-state index < -0.39 is 0 Å². The van der Waals surface area contributed by atoms with E-state index in [-0.39, 0.29) is 0 Å². The van der Waals surface area contributed by atoms with Crippen LogP contribution in [0, 0.1) is 0 Å². The monoisotopic (exact) mass is 773 g/mol. The van der Waals surface area contributed by atoms with Gasteiger partial charge in [0.1, 0.15) is 11.4 Å². The van der Waals surface area contributed by atoms with Crippen molar-refractivity contribution in [2.24, 2.45) is 0 Å². The van der Waals surface area contributed by atoms with Gasteiger partial charge in [0.25, 0.3) is 0 Å². The van der Waals surface area contributed by atoms with Crippen molar-refractivity contribution in [3.63, 3.8) is 0 Å². The van der Waals surface area contributed by atoms with Crippen molar-refractivity contribution in [1.29, 1.82) is 0 Å². The molecule has 10 heteroatoms. The number of benzene rings is 4. The number of ether oxygens (including phenoxy) is 1. The Morgan fingerprint density at radius 1 is 0.367 bits per heavy atom. The lowest BCUT2D eigenvalue weighted by Crippen LogP contribution is -2.16. The highest BCUT2D eigenvalue weighted by Gasteiger charge is 2.28. The number of para-hydroxylation sites is 4. The summed E-state index contributed by atoms with van der Waals surface area (Å²) in [6, 6.07) is 50.3. The van der Waals surface area contributed by atoms with E-state index in [2.05, 4.69) is 67.3 Å². The maximum Gasteiger partial charge on any atom is 0.179 e. The van der Waals surface area contributed by atoms with Gasteiger partial charge in [-0.15, -0.1) is 0 Å². The van der Waals surface area contributed by atoms with Gasteiger partial charge in [-0.3, -0.25) is 19.9 Å². The molecule has 0 amide bonds. The van der Waals surface area contributed by atoms with E-state index in [1.165, 1.54) is 0 Å². The topological polar surface area (TPSA) is 116 Å². The average Bonchev–Trinajstić information content (AvgIpc) is 3.33. The molecule has 60 heavy (non-hydrogen) atoms. The smallest absolute Gasteiger partial charge is 0.179 e. The third-order valence-corrected chi connectivity index (χ3v) is 10.4. The van der Waals surface area contributed by atoms with E-state index in [1.54, 1.807) is 24.8 Å². The normalized spacial score (nSPS) is 11.8. The highest BCUT2D eigenvalue weighted by atomic mass is 16.5. The van der Waals surface area contributed by atoms with Gasteiger partial charge < -0.3 is 9.64 Å². The molecule has 0 saturated carbocycles. The van der Waals surface area contributed by atoms with E-state index in [1.807, 2.05) is 122 Å². The largest absolute Gasteiger partial charge is 0.453 e. The number of hydrogen-bond acceptors (Lipinski definition) is 10. The Balaban J connectivity index is 1.22. The summed E-state index contributed by atoms with van der Waals surface area (Å²) < 4.78 is 6.45. The molecule has 0 saturated heterocycles. The first-order chi connectivity index (χ1) is 29.7. The van der Waals surface area contributed by atoms with Crippen LogP contribution in [0.4, 0.5) is 17.1 Å². The molecule has 11 rings (SSSR count). The predicted molar refractivity (Wildman–Crippen MR) is 234 cm³/mol. The van der Waals surface area contributed by atoms with Gasteiger partial charge in [-0.05, 0) is 109 Å². The molecule has 282 valence electrons. The van der Waals surface area contributed by atoms with Crippen LogP contribution in [0.3, 0.4) is 0 Å². The standard InChI is InChI=1S/C50H31N9O/c1-3-20-47-45(17-1)59(46-18-2-4-21-48(46)60-47)44-19-9-14-35-36(43-29-41(33-13-11-23-52-31-33)56-50(58-43)39-16-6-8-25-54-39)26-34(27-37(35)44)42-28-40(32-12-10-22-51-30-32)55-49(57-42)38-15-5-7-24-53-38/h1-31H. The van der Waals surface area contributed by atoms with Crippen molar-refractivity contribution in [2.75, 3.05) is 4.90 Å². The summed E-state index contributed by atoms with van der Waals surface area (Å²) in [5, 5.41) is 1.95. The van der Waals surface area contributed by atoms with Crippen LogP contribution in [-0.2, 0) is 0 Å². The van der Waals surface area contributed by atoms with E-state index in [4.69, 9.17) is 24.7 Å². The maximum atomic E-state index is 6.45. The molecule has 0 aliphatic carbocycles. The molecule has 6 aromatic heterocycles. The Morgan fingerprint density at radius 2 is 0.900 bits per heavy atom. The summed E-state index contributed by atoms with van der Waals surface area (Å²) in [5.74, 6) is 2.52. The molecule has 7 heterocycles. The lowest BCUT2D eigenvalue weighted by molar-refractivity contribution is 0.477. The van der Waals surface area contributed by atoms with Crippen LogP contribution in [0.25, 0.3) is 78.8 Å². The predicted octanol–water partition coefficient (Wildman–Crippen LogP) is 11.6. The molecule has 0 unspecified atom stereocenters. The highest BCUT2D eigenvalue weighted by Crippen LogP contribution is 2.52. The number of hydrogen-bond donors (Lipinski definition) is 0. The van der Waals surface area contributed by atoms with Gasteiger partial charge in [0, 0.05) is 64.8 Å². The molecule has 0 bridgehead atoms. The van der Waals surface area contributed by atoms with Crippen molar-refractivity contribution in [2.45, 2.75) is 0 Å².